The van der Waals surface area contributed by atoms with Crippen molar-refractivity contribution in [3.63, 3.8) is 0 Å². The van der Waals surface area contributed by atoms with E-state index >= 15 is 0 Å². The Morgan fingerprint density at radius 2 is 1.77 bits per heavy atom. The van der Waals surface area contributed by atoms with Gasteiger partial charge in [0.05, 0.1) is 12.5 Å². The SMILES string of the molecule is Cn1ccc(O)c(NC(=O)N[C@@H](CC(=O)O)c2cccc(Oc3ccccc3)c2)c1=O. The number of urea groups is 1. The Hall–Kier alpha value is -4.27. The van der Waals surface area contributed by atoms with Crippen molar-refractivity contribution in [2.75, 3.05) is 5.32 Å². The van der Waals surface area contributed by atoms with Gasteiger partial charge in [-0.1, -0.05) is 30.3 Å². The average molecular weight is 423 g/mol. The van der Waals surface area contributed by atoms with Crippen LogP contribution in [-0.2, 0) is 11.8 Å². The lowest BCUT2D eigenvalue weighted by Gasteiger charge is -2.19. The van der Waals surface area contributed by atoms with Crippen LogP contribution in [0.2, 0.25) is 0 Å². The maximum absolute atomic E-state index is 12.5. The highest BCUT2D eigenvalue weighted by Gasteiger charge is 2.20. The second kappa shape index (κ2) is 9.49. The van der Waals surface area contributed by atoms with Crippen LogP contribution in [0.5, 0.6) is 17.2 Å². The normalized spacial score (nSPS) is 11.4. The summed E-state index contributed by atoms with van der Waals surface area (Å²) >= 11 is 0. The summed E-state index contributed by atoms with van der Waals surface area (Å²) in [5.41, 5.74) is -0.419. The molecule has 4 N–H and O–H groups in total. The number of carbonyl (C=O) groups excluding carboxylic acids is 1. The summed E-state index contributed by atoms with van der Waals surface area (Å²) in [7, 11) is 1.47. The van der Waals surface area contributed by atoms with Gasteiger partial charge in [-0.25, -0.2) is 4.79 Å². The second-order valence-electron chi connectivity index (χ2n) is 6.73. The molecule has 0 radical (unpaired) electrons. The molecule has 0 aliphatic carbocycles. The molecule has 0 saturated carbocycles. The summed E-state index contributed by atoms with van der Waals surface area (Å²) in [4.78, 5) is 35.9. The van der Waals surface area contributed by atoms with Crippen LogP contribution in [0, 0.1) is 0 Å². The van der Waals surface area contributed by atoms with E-state index in [1.165, 1.54) is 23.9 Å². The van der Waals surface area contributed by atoms with E-state index in [4.69, 9.17) is 4.74 Å². The topological polar surface area (TPSA) is 130 Å². The lowest BCUT2D eigenvalue weighted by molar-refractivity contribution is -0.137. The molecule has 3 rings (SSSR count). The van der Waals surface area contributed by atoms with Crippen LogP contribution in [0.4, 0.5) is 10.5 Å². The van der Waals surface area contributed by atoms with Crippen molar-refractivity contribution in [2.45, 2.75) is 12.5 Å². The summed E-state index contributed by atoms with van der Waals surface area (Å²) in [6, 6.07) is 15.2. The van der Waals surface area contributed by atoms with Gasteiger partial charge in [0.25, 0.3) is 5.56 Å². The van der Waals surface area contributed by atoms with Crippen LogP contribution in [0.1, 0.15) is 18.0 Å². The van der Waals surface area contributed by atoms with Gasteiger partial charge in [-0.3, -0.25) is 9.59 Å². The largest absolute Gasteiger partial charge is 0.505 e. The first-order valence-electron chi connectivity index (χ1n) is 9.34. The fraction of sp³-hybridized carbons (Fsp3) is 0.136. The molecule has 0 spiro atoms. The molecule has 0 aliphatic rings. The lowest BCUT2D eigenvalue weighted by Crippen LogP contribution is -2.35. The molecule has 31 heavy (non-hydrogen) atoms. The Morgan fingerprint density at radius 1 is 1.06 bits per heavy atom. The number of carboxylic acids is 1. The Morgan fingerprint density at radius 3 is 2.48 bits per heavy atom. The molecule has 0 bridgehead atoms. The van der Waals surface area contributed by atoms with Crippen molar-refractivity contribution in [1.29, 1.82) is 0 Å². The number of carbonyl (C=O) groups is 2. The first kappa shape index (κ1) is 21.4. The predicted molar refractivity (Wildman–Crippen MR) is 113 cm³/mol. The third-order valence-corrected chi connectivity index (χ3v) is 4.41. The number of anilines is 1. The molecule has 0 fully saturated rings. The van der Waals surface area contributed by atoms with Gasteiger partial charge in [0.15, 0.2) is 5.69 Å². The minimum atomic E-state index is -1.13. The van der Waals surface area contributed by atoms with Crippen LogP contribution >= 0.6 is 0 Å². The molecule has 160 valence electrons. The Bertz CT molecular complexity index is 1140. The van der Waals surface area contributed by atoms with E-state index in [1.807, 2.05) is 18.2 Å². The maximum Gasteiger partial charge on any atom is 0.319 e. The van der Waals surface area contributed by atoms with Crippen molar-refractivity contribution in [2.24, 2.45) is 7.05 Å². The highest BCUT2D eigenvalue weighted by Crippen LogP contribution is 2.26. The molecule has 0 saturated heterocycles. The molecular formula is C22H21N3O6. The number of aryl methyl sites for hydroxylation is 1. The quantitative estimate of drug-likeness (QED) is 0.462. The number of rotatable bonds is 7. The molecule has 0 aliphatic heterocycles. The number of aromatic nitrogens is 1. The van der Waals surface area contributed by atoms with Crippen molar-refractivity contribution < 1.29 is 24.5 Å². The molecule has 2 aromatic carbocycles. The number of aromatic hydroxyl groups is 1. The number of pyridine rings is 1. The molecule has 2 amide bonds. The van der Waals surface area contributed by atoms with E-state index in [0.717, 1.165) is 0 Å². The number of hydrogen-bond donors (Lipinski definition) is 4. The third kappa shape index (κ3) is 5.63. The number of para-hydroxylation sites is 1. The molecule has 9 heteroatoms. The number of carboxylic acid groups (broad SMARTS) is 1. The molecular weight excluding hydrogens is 402 g/mol. The van der Waals surface area contributed by atoms with Crippen molar-refractivity contribution >= 4 is 17.7 Å². The van der Waals surface area contributed by atoms with Crippen LogP contribution in [0.25, 0.3) is 0 Å². The van der Waals surface area contributed by atoms with Gasteiger partial charge in [0.1, 0.15) is 17.2 Å². The molecule has 1 atom stereocenters. The Labute approximate surface area is 177 Å². The number of nitrogens with one attached hydrogen (secondary N) is 2. The van der Waals surface area contributed by atoms with E-state index in [9.17, 15) is 24.6 Å². The van der Waals surface area contributed by atoms with Gasteiger partial charge in [-0.15, -0.1) is 0 Å². The summed E-state index contributed by atoms with van der Waals surface area (Å²) in [5, 5.41) is 24.0. The van der Waals surface area contributed by atoms with Crippen LogP contribution in [0.3, 0.4) is 0 Å². The summed E-state index contributed by atoms with van der Waals surface area (Å²) in [6.07, 6.45) is 0.952. The van der Waals surface area contributed by atoms with Gasteiger partial charge in [0.2, 0.25) is 0 Å². The van der Waals surface area contributed by atoms with E-state index < -0.39 is 35.8 Å². The van der Waals surface area contributed by atoms with Crippen LogP contribution < -0.4 is 20.9 Å². The van der Waals surface area contributed by atoms with E-state index in [-0.39, 0.29) is 5.69 Å². The Balaban J connectivity index is 1.80. The molecule has 3 aromatic rings. The molecule has 1 heterocycles. The number of hydrogen-bond acceptors (Lipinski definition) is 5. The Kier molecular flexibility index (Phi) is 6.56. The van der Waals surface area contributed by atoms with E-state index in [1.54, 1.807) is 36.4 Å². The zero-order valence-electron chi connectivity index (χ0n) is 16.6. The maximum atomic E-state index is 12.5. The van der Waals surface area contributed by atoms with Gasteiger partial charge in [-0.05, 0) is 35.9 Å². The van der Waals surface area contributed by atoms with Crippen molar-refractivity contribution in [3.8, 4) is 17.2 Å². The highest BCUT2D eigenvalue weighted by molar-refractivity contribution is 5.91. The predicted octanol–water partition coefficient (Wildman–Crippen LogP) is 3.22. The molecule has 0 unspecified atom stereocenters. The van der Waals surface area contributed by atoms with Gasteiger partial charge in [-0.2, -0.15) is 0 Å². The van der Waals surface area contributed by atoms with Gasteiger partial charge >= 0.3 is 12.0 Å². The van der Waals surface area contributed by atoms with E-state index in [0.29, 0.717) is 17.1 Å². The fourth-order valence-electron chi connectivity index (χ4n) is 2.89. The van der Waals surface area contributed by atoms with Crippen LogP contribution in [-0.4, -0.2) is 26.8 Å². The number of nitrogens with zero attached hydrogens (tertiary/aromatic N) is 1. The first-order valence-corrected chi connectivity index (χ1v) is 9.34. The zero-order chi connectivity index (χ0) is 22.4. The van der Waals surface area contributed by atoms with Crippen molar-refractivity contribution in [3.05, 3.63) is 82.8 Å². The number of ether oxygens (including phenoxy) is 1. The number of benzene rings is 2. The third-order valence-electron chi connectivity index (χ3n) is 4.41. The number of aliphatic carboxylic acids is 1. The number of amides is 2. The minimum absolute atomic E-state index is 0.308. The minimum Gasteiger partial charge on any atom is -0.505 e. The fourth-order valence-corrected chi connectivity index (χ4v) is 2.89. The monoisotopic (exact) mass is 423 g/mol. The van der Waals surface area contributed by atoms with E-state index in [2.05, 4.69) is 10.6 Å². The zero-order valence-corrected chi connectivity index (χ0v) is 16.6. The summed E-state index contributed by atoms with van der Waals surface area (Å²) in [6.45, 7) is 0. The standard InChI is InChI=1S/C22H21N3O6/c1-25-11-10-18(26)20(21(25)29)24-22(30)23-17(13-19(27)28)14-6-5-9-16(12-14)31-15-7-3-2-4-8-15/h2-12,17,26H,13H2,1H3,(H,27,28)(H2,23,24,30)/t17-/m0/s1. The van der Waals surface area contributed by atoms with Gasteiger partial charge < -0.3 is 30.2 Å². The first-order chi connectivity index (χ1) is 14.8. The average Bonchev–Trinajstić information content (AvgIpc) is 2.74. The smallest absolute Gasteiger partial charge is 0.319 e. The summed E-state index contributed by atoms with van der Waals surface area (Å²) < 4.78 is 6.96. The molecule has 9 nitrogen and oxygen atoms in total. The molecule has 1 aromatic heterocycles. The lowest BCUT2D eigenvalue weighted by atomic mass is 10.0. The summed E-state index contributed by atoms with van der Waals surface area (Å²) in [5.74, 6) is -0.448. The van der Waals surface area contributed by atoms with Crippen molar-refractivity contribution in [1.82, 2.24) is 9.88 Å². The second-order valence-corrected chi connectivity index (χ2v) is 6.73. The van der Waals surface area contributed by atoms with Gasteiger partial charge in [0, 0.05) is 13.2 Å². The highest BCUT2D eigenvalue weighted by atomic mass is 16.5. The van der Waals surface area contributed by atoms with Crippen LogP contribution in [0.15, 0.2) is 71.7 Å².